The molecule has 1 N–H and O–H groups in total. The third kappa shape index (κ3) is 3.27. The van der Waals surface area contributed by atoms with Crippen LogP contribution < -0.4 is 5.32 Å². The van der Waals surface area contributed by atoms with Crippen molar-refractivity contribution in [2.24, 2.45) is 0 Å². The van der Waals surface area contributed by atoms with Crippen LogP contribution in [0.3, 0.4) is 0 Å². The second kappa shape index (κ2) is 6.38. The van der Waals surface area contributed by atoms with Gasteiger partial charge in [0.05, 0.1) is 26.4 Å². The molecule has 0 radical (unpaired) electrons. The first-order chi connectivity index (χ1) is 9.61. The number of anilines is 1. The van der Waals surface area contributed by atoms with E-state index in [-0.39, 0.29) is 11.9 Å². The van der Waals surface area contributed by atoms with Crippen molar-refractivity contribution >= 4 is 17.7 Å². The highest BCUT2D eigenvalue weighted by molar-refractivity contribution is 5.96. The first-order valence-electron chi connectivity index (χ1n) is 6.45. The number of nitrogens with one attached hydrogen (secondary N) is 1. The lowest BCUT2D eigenvalue weighted by Gasteiger charge is -2.33. The van der Waals surface area contributed by atoms with E-state index in [1.807, 2.05) is 6.92 Å². The van der Waals surface area contributed by atoms with Gasteiger partial charge in [0.15, 0.2) is 0 Å². The van der Waals surface area contributed by atoms with Crippen molar-refractivity contribution in [2.45, 2.75) is 13.0 Å². The Hall–Kier alpha value is -2.08. The lowest BCUT2D eigenvalue weighted by atomic mass is 10.1. The van der Waals surface area contributed by atoms with Crippen LogP contribution in [0.2, 0.25) is 0 Å². The van der Waals surface area contributed by atoms with Gasteiger partial charge in [-0.2, -0.15) is 0 Å². The van der Waals surface area contributed by atoms with Crippen LogP contribution in [-0.2, 0) is 9.47 Å². The van der Waals surface area contributed by atoms with E-state index in [9.17, 15) is 9.59 Å². The maximum atomic E-state index is 12.4. The first-order valence-corrected chi connectivity index (χ1v) is 6.45. The molecule has 20 heavy (non-hydrogen) atoms. The van der Waals surface area contributed by atoms with Gasteiger partial charge in [-0.05, 0) is 25.1 Å². The number of carbonyl (C=O) groups excluding carboxylic acids is 2. The fourth-order valence-corrected chi connectivity index (χ4v) is 2.09. The fraction of sp³-hybridized carbons (Fsp3) is 0.429. The molecule has 2 rings (SSSR count). The van der Waals surface area contributed by atoms with Crippen LogP contribution in [0.1, 0.15) is 17.3 Å². The first kappa shape index (κ1) is 14.3. The Morgan fingerprint density at radius 1 is 1.45 bits per heavy atom. The van der Waals surface area contributed by atoms with Gasteiger partial charge in [-0.3, -0.25) is 10.1 Å². The van der Waals surface area contributed by atoms with Crippen LogP contribution in [-0.4, -0.2) is 49.8 Å². The summed E-state index contributed by atoms with van der Waals surface area (Å²) < 4.78 is 9.85. The lowest BCUT2D eigenvalue weighted by molar-refractivity contribution is 0.00359. The van der Waals surface area contributed by atoms with Crippen molar-refractivity contribution in [1.82, 2.24) is 4.90 Å². The van der Waals surface area contributed by atoms with E-state index in [2.05, 4.69) is 10.1 Å². The predicted octanol–water partition coefficient (Wildman–Crippen LogP) is 1.73. The van der Waals surface area contributed by atoms with E-state index < -0.39 is 6.09 Å². The van der Waals surface area contributed by atoms with Crippen molar-refractivity contribution in [1.29, 1.82) is 0 Å². The molecule has 1 saturated heterocycles. The third-order valence-corrected chi connectivity index (χ3v) is 3.17. The molecule has 0 aliphatic carbocycles. The summed E-state index contributed by atoms with van der Waals surface area (Å²) in [5.74, 6) is -0.0608. The van der Waals surface area contributed by atoms with E-state index in [0.717, 1.165) is 0 Å². The quantitative estimate of drug-likeness (QED) is 0.894. The average molecular weight is 278 g/mol. The SMILES string of the molecule is COC(=O)Nc1cccc(C(=O)N2CCOCC2C)c1. The van der Waals surface area contributed by atoms with Crippen LogP contribution >= 0.6 is 0 Å². The summed E-state index contributed by atoms with van der Waals surface area (Å²) in [6, 6.07) is 6.85. The molecule has 0 spiro atoms. The van der Waals surface area contributed by atoms with Gasteiger partial charge >= 0.3 is 6.09 Å². The molecule has 108 valence electrons. The van der Waals surface area contributed by atoms with Gasteiger partial charge in [0, 0.05) is 17.8 Å². The number of hydrogen-bond acceptors (Lipinski definition) is 4. The minimum absolute atomic E-state index is 0.0495. The zero-order valence-electron chi connectivity index (χ0n) is 11.6. The van der Waals surface area contributed by atoms with Crippen molar-refractivity contribution in [2.75, 3.05) is 32.2 Å². The monoisotopic (exact) mass is 278 g/mol. The lowest BCUT2D eigenvalue weighted by Crippen LogP contribution is -2.47. The Morgan fingerprint density at radius 3 is 2.95 bits per heavy atom. The molecular formula is C14H18N2O4. The number of ether oxygens (including phenoxy) is 2. The van der Waals surface area contributed by atoms with E-state index in [0.29, 0.717) is 31.0 Å². The standard InChI is InChI=1S/C14H18N2O4/c1-10-9-20-7-6-16(10)13(17)11-4-3-5-12(8-11)15-14(18)19-2/h3-5,8,10H,6-7,9H2,1-2H3,(H,15,18). The highest BCUT2D eigenvalue weighted by Crippen LogP contribution is 2.16. The minimum Gasteiger partial charge on any atom is -0.453 e. The molecule has 0 saturated carbocycles. The summed E-state index contributed by atoms with van der Waals surface area (Å²) in [6.45, 7) is 3.63. The molecule has 6 heteroatoms. The number of carbonyl (C=O) groups is 2. The predicted molar refractivity (Wildman–Crippen MR) is 73.8 cm³/mol. The zero-order chi connectivity index (χ0) is 14.5. The van der Waals surface area contributed by atoms with Gasteiger partial charge in [-0.1, -0.05) is 6.07 Å². The summed E-state index contributed by atoms with van der Waals surface area (Å²) in [6.07, 6.45) is -0.561. The van der Waals surface area contributed by atoms with Gasteiger partial charge in [-0.15, -0.1) is 0 Å². The number of methoxy groups -OCH3 is 1. The Bertz CT molecular complexity index is 504. The summed E-state index contributed by atoms with van der Waals surface area (Å²) in [5, 5.41) is 2.54. The molecule has 1 aliphatic rings. The smallest absolute Gasteiger partial charge is 0.411 e. The van der Waals surface area contributed by atoms with Gasteiger partial charge < -0.3 is 14.4 Å². The van der Waals surface area contributed by atoms with Crippen LogP contribution in [0, 0.1) is 0 Å². The van der Waals surface area contributed by atoms with E-state index in [1.165, 1.54) is 7.11 Å². The molecule has 1 aromatic carbocycles. The number of rotatable bonds is 2. The molecule has 2 amide bonds. The van der Waals surface area contributed by atoms with Gasteiger partial charge in [-0.25, -0.2) is 4.79 Å². The van der Waals surface area contributed by atoms with Gasteiger partial charge in [0.25, 0.3) is 5.91 Å². The summed E-state index contributed by atoms with van der Waals surface area (Å²) >= 11 is 0. The van der Waals surface area contributed by atoms with Gasteiger partial charge in [0.2, 0.25) is 0 Å². The molecule has 0 bridgehead atoms. The second-order valence-corrected chi connectivity index (χ2v) is 4.62. The molecule has 1 unspecified atom stereocenters. The molecular weight excluding hydrogens is 260 g/mol. The van der Waals surface area contributed by atoms with E-state index in [4.69, 9.17) is 4.74 Å². The van der Waals surface area contributed by atoms with Crippen molar-refractivity contribution in [3.63, 3.8) is 0 Å². The van der Waals surface area contributed by atoms with Crippen molar-refractivity contribution in [3.8, 4) is 0 Å². The zero-order valence-corrected chi connectivity index (χ0v) is 11.6. The van der Waals surface area contributed by atoms with Gasteiger partial charge in [0.1, 0.15) is 0 Å². The Labute approximate surface area is 117 Å². The normalized spacial score (nSPS) is 18.5. The van der Waals surface area contributed by atoms with Crippen LogP contribution in [0.25, 0.3) is 0 Å². The molecule has 1 aliphatic heterocycles. The molecule has 1 aromatic rings. The van der Waals surface area contributed by atoms with Crippen LogP contribution in [0.15, 0.2) is 24.3 Å². The molecule has 1 heterocycles. The number of morpholine rings is 1. The molecule has 0 aromatic heterocycles. The maximum absolute atomic E-state index is 12.4. The minimum atomic E-state index is -0.561. The molecule has 1 atom stereocenters. The van der Waals surface area contributed by atoms with Crippen LogP contribution in [0.5, 0.6) is 0 Å². The summed E-state index contributed by atoms with van der Waals surface area (Å²) in [4.78, 5) is 25.4. The largest absolute Gasteiger partial charge is 0.453 e. The number of nitrogens with zero attached hydrogens (tertiary/aromatic N) is 1. The Morgan fingerprint density at radius 2 is 2.25 bits per heavy atom. The highest BCUT2D eigenvalue weighted by Gasteiger charge is 2.24. The Kier molecular flexibility index (Phi) is 4.57. The topological polar surface area (TPSA) is 67.9 Å². The summed E-state index contributed by atoms with van der Waals surface area (Å²) in [5.41, 5.74) is 1.07. The number of hydrogen-bond donors (Lipinski definition) is 1. The fourth-order valence-electron chi connectivity index (χ4n) is 2.09. The van der Waals surface area contributed by atoms with Crippen molar-refractivity contribution in [3.05, 3.63) is 29.8 Å². The maximum Gasteiger partial charge on any atom is 0.411 e. The van der Waals surface area contributed by atoms with E-state index >= 15 is 0 Å². The molecule has 1 fully saturated rings. The summed E-state index contributed by atoms with van der Waals surface area (Å²) in [7, 11) is 1.29. The van der Waals surface area contributed by atoms with Crippen LogP contribution in [0.4, 0.5) is 10.5 Å². The number of benzene rings is 1. The Balaban J connectivity index is 2.13. The number of amides is 2. The molecule has 6 nitrogen and oxygen atoms in total. The average Bonchev–Trinajstić information content (AvgIpc) is 2.47. The highest BCUT2D eigenvalue weighted by atomic mass is 16.5. The van der Waals surface area contributed by atoms with Crippen molar-refractivity contribution < 1.29 is 19.1 Å². The van der Waals surface area contributed by atoms with E-state index in [1.54, 1.807) is 29.2 Å². The third-order valence-electron chi connectivity index (χ3n) is 3.17. The second-order valence-electron chi connectivity index (χ2n) is 4.62.